The highest BCUT2D eigenvalue weighted by molar-refractivity contribution is 7.89. The van der Waals surface area contributed by atoms with Crippen LogP contribution in [0.25, 0.3) is 0 Å². The van der Waals surface area contributed by atoms with Crippen molar-refractivity contribution in [2.75, 3.05) is 6.54 Å². The van der Waals surface area contributed by atoms with Crippen LogP contribution in [0.15, 0.2) is 9.31 Å². The lowest BCUT2D eigenvalue weighted by Gasteiger charge is -2.26. The second kappa shape index (κ2) is 4.50. The standard InChI is InChI=1S/C13H18ClNO3S/c1-8-12(6-14)13(9(2)18-8)19(16,17)15-7-10-3-4-11(15)5-10/h10-11H,3-7H2,1-2H3. The first kappa shape index (κ1) is 13.5. The lowest BCUT2D eigenvalue weighted by atomic mass is 10.1. The van der Waals surface area contributed by atoms with E-state index in [0.717, 1.165) is 19.3 Å². The van der Waals surface area contributed by atoms with Crippen molar-refractivity contribution in [1.29, 1.82) is 0 Å². The van der Waals surface area contributed by atoms with Crippen molar-refractivity contribution >= 4 is 21.6 Å². The highest BCUT2D eigenvalue weighted by atomic mass is 35.5. The average Bonchev–Trinajstić information content (AvgIpc) is 3.02. The van der Waals surface area contributed by atoms with Gasteiger partial charge in [-0.15, -0.1) is 11.6 Å². The Morgan fingerprint density at radius 3 is 2.58 bits per heavy atom. The summed E-state index contributed by atoms with van der Waals surface area (Å²) in [5, 5.41) is 0. The molecule has 2 aliphatic rings. The van der Waals surface area contributed by atoms with E-state index in [-0.39, 0.29) is 11.9 Å². The number of sulfonamides is 1. The first-order valence-corrected chi connectivity index (χ1v) is 8.59. The monoisotopic (exact) mass is 303 g/mol. The molecule has 0 N–H and O–H groups in total. The Kier molecular flexibility index (Phi) is 3.19. The van der Waals surface area contributed by atoms with Crippen molar-refractivity contribution in [3.63, 3.8) is 0 Å². The number of aryl methyl sites for hydroxylation is 2. The maximum atomic E-state index is 12.8. The van der Waals surface area contributed by atoms with E-state index in [1.807, 2.05) is 0 Å². The van der Waals surface area contributed by atoms with Crippen molar-refractivity contribution in [2.45, 2.75) is 49.9 Å². The maximum absolute atomic E-state index is 12.8. The molecule has 1 saturated heterocycles. The van der Waals surface area contributed by atoms with Gasteiger partial charge in [-0.1, -0.05) is 0 Å². The Morgan fingerprint density at radius 2 is 2.05 bits per heavy atom. The van der Waals surface area contributed by atoms with Crippen molar-refractivity contribution in [3.05, 3.63) is 17.1 Å². The molecule has 0 aromatic carbocycles. The molecule has 2 atom stereocenters. The average molecular weight is 304 g/mol. The van der Waals surface area contributed by atoms with Gasteiger partial charge in [0.1, 0.15) is 16.4 Å². The molecule has 1 saturated carbocycles. The normalized spacial score (nSPS) is 27.3. The minimum atomic E-state index is -3.47. The van der Waals surface area contributed by atoms with Gasteiger partial charge in [-0.2, -0.15) is 4.31 Å². The molecule has 3 rings (SSSR count). The number of nitrogens with zero attached hydrogens (tertiary/aromatic N) is 1. The number of alkyl halides is 1. The van der Waals surface area contributed by atoms with Crippen LogP contribution in [0.5, 0.6) is 0 Å². The van der Waals surface area contributed by atoms with Gasteiger partial charge in [0.05, 0.1) is 5.88 Å². The molecule has 0 spiro atoms. The second-order valence-electron chi connectivity index (χ2n) is 5.56. The third-order valence-corrected chi connectivity index (χ3v) is 6.77. The quantitative estimate of drug-likeness (QED) is 0.807. The summed E-state index contributed by atoms with van der Waals surface area (Å²) in [7, 11) is -3.47. The molecule has 2 bridgehead atoms. The van der Waals surface area contributed by atoms with Crippen molar-refractivity contribution in [2.24, 2.45) is 5.92 Å². The molecule has 0 amide bonds. The lowest BCUT2D eigenvalue weighted by Crippen LogP contribution is -2.38. The molecule has 1 aliphatic carbocycles. The number of fused-ring (bicyclic) bond motifs is 2. The Bertz CT molecular complexity index is 608. The molecule has 1 aliphatic heterocycles. The van der Waals surface area contributed by atoms with Crippen LogP contribution in [0.2, 0.25) is 0 Å². The SMILES string of the molecule is Cc1oc(C)c(S(=O)(=O)N2CC3CCC2C3)c1CCl. The molecule has 2 heterocycles. The summed E-state index contributed by atoms with van der Waals surface area (Å²) in [6.07, 6.45) is 3.14. The topological polar surface area (TPSA) is 50.5 Å². The molecule has 0 radical (unpaired) electrons. The highest BCUT2D eigenvalue weighted by Gasteiger charge is 2.45. The molecule has 1 aromatic heterocycles. The number of halogens is 1. The van der Waals surface area contributed by atoms with Crippen LogP contribution in [-0.4, -0.2) is 25.3 Å². The van der Waals surface area contributed by atoms with E-state index in [4.69, 9.17) is 16.0 Å². The summed E-state index contributed by atoms with van der Waals surface area (Å²) in [6.45, 7) is 4.11. The molecule has 1 aromatic rings. The van der Waals surface area contributed by atoms with Gasteiger partial charge in [0.25, 0.3) is 0 Å². The highest BCUT2D eigenvalue weighted by Crippen LogP contribution is 2.42. The largest absolute Gasteiger partial charge is 0.465 e. The van der Waals surface area contributed by atoms with Crippen LogP contribution < -0.4 is 0 Å². The maximum Gasteiger partial charge on any atom is 0.247 e. The smallest absolute Gasteiger partial charge is 0.247 e. The predicted octanol–water partition coefficient (Wildman–Crippen LogP) is 2.81. The van der Waals surface area contributed by atoms with E-state index in [1.54, 1.807) is 18.2 Å². The Hall–Kier alpha value is -0.520. The van der Waals surface area contributed by atoms with Crippen LogP contribution in [-0.2, 0) is 15.9 Å². The summed E-state index contributed by atoms with van der Waals surface area (Å²) >= 11 is 5.90. The minimum absolute atomic E-state index is 0.166. The molecule has 4 nitrogen and oxygen atoms in total. The number of rotatable bonds is 3. The van der Waals surface area contributed by atoms with E-state index in [1.165, 1.54) is 0 Å². The van der Waals surface area contributed by atoms with E-state index in [9.17, 15) is 8.42 Å². The van der Waals surface area contributed by atoms with Crippen LogP contribution in [0.4, 0.5) is 0 Å². The zero-order chi connectivity index (χ0) is 13.8. The summed E-state index contributed by atoms with van der Waals surface area (Å²) in [6, 6.07) is 0.174. The zero-order valence-corrected chi connectivity index (χ0v) is 12.7. The predicted molar refractivity (Wildman–Crippen MR) is 72.8 cm³/mol. The fraction of sp³-hybridized carbons (Fsp3) is 0.692. The molecule has 6 heteroatoms. The number of furan rings is 1. The fourth-order valence-electron chi connectivity index (χ4n) is 3.49. The lowest BCUT2D eigenvalue weighted by molar-refractivity contribution is 0.332. The van der Waals surface area contributed by atoms with Crippen LogP contribution in [0, 0.1) is 19.8 Å². The molecule has 2 unspecified atom stereocenters. The third kappa shape index (κ3) is 1.94. The van der Waals surface area contributed by atoms with Gasteiger partial charge in [-0.3, -0.25) is 0 Å². The van der Waals surface area contributed by atoms with Gasteiger partial charge in [0, 0.05) is 18.2 Å². The van der Waals surface area contributed by atoms with Crippen LogP contribution in [0.1, 0.15) is 36.3 Å². The summed E-state index contributed by atoms with van der Waals surface area (Å²) in [4.78, 5) is 0.299. The van der Waals surface area contributed by atoms with Crippen molar-refractivity contribution in [3.8, 4) is 0 Å². The van der Waals surface area contributed by atoms with Gasteiger partial charge in [0.2, 0.25) is 10.0 Å². The van der Waals surface area contributed by atoms with Gasteiger partial charge >= 0.3 is 0 Å². The minimum Gasteiger partial charge on any atom is -0.465 e. The molecular weight excluding hydrogens is 286 g/mol. The van der Waals surface area contributed by atoms with Gasteiger partial charge < -0.3 is 4.42 Å². The summed E-state index contributed by atoms with van der Waals surface area (Å²) in [5.74, 6) is 1.76. The van der Waals surface area contributed by atoms with Crippen molar-refractivity contribution < 1.29 is 12.8 Å². The zero-order valence-electron chi connectivity index (χ0n) is 11.1. The van der Waals surface area contributed by atoms with E-state index < -0.39 is 10.0 Å². The summed E-state index contributed by atoms with van der Waals surface area (Å²) < 4.78 is 32.8. The summed E-state index contributed by atoms with van der Waals surface area (Å²) in [5.41, 5.74) is 0.613. The van der Waals surface area contributed by atoms with Crippen LogP contribution >= 0.6 is 11.6 Å². The van der Waals surface area contributed by atoms with Gasteiger partial charge in [-0.25, -0.2) is 8.42 Å². The van der Waals surface area contributed by atoms with E-state index in [2.05, 4.69) is 0 Å². The first-order chi connectivity index (χ1) is 8.95. The van der Waals surface area contributed by atoms with Crippen molar-refractivity contribution in [1.82, 2.24) is 4.31 Å². The fourth-order valence-corrected chi connectivity index (χ4v) is 6.05. The van der Waals surface area contributed by atoms with E-state index in [0.29, 0.717) is 34.4 Å². The Morgan fingerprint density at radius 1 is 1.32 bits per heavy atom. The van der Waals surface area contributed by atoms with Gasteiger partial charge in [-0.05, 0) is 39.0 Å². The number of hydrogen-bond donors (Lipinski definition) is 0. The first-order valence-electron chi connectivity index (χ1n) is 6.61. The van der Waals surface area contributed by atoms with E-state index >= 15 is 0 Å². The molecular formula is C13H18ClNO3S. The second-order valence-corrected chi connectivity index (χ2v) is 7.66. The molecule has 19 heavy (non-hydrogen) atoms. The number of hydrogen-bond acceptors (Lipinski definition) is 3. The van der Waals surface area contributed by atoms with Crippen LogP contribution in [0.3, 0.4) is 0 Å². The Balaban J connectivity index is 2.06. The molecule has 106 valence electrons. The Labute approximate surface area is 118 Å². The van der Waals surface area contributed by atoms with Gasteiger partial charge in [0.15, 0.2) is 0 Å². The molecule has 2 fully saturated rings. The number of piperidine rings is 1. The third-order valence-electron chi connectivity index (χ3n) is 4.38.